The molecule has 2 aromatic rings. The van der Waals surface area contributed by atoms with Crippen LogP contribution in [0.15, 0.2) is 42.5 Å². The van der Waals surface area contributed by atoms with E-state index >= 15 is 0 Å². The average Bonchev–Trinajstić information content (AvgIpc) is 2.67. The smallest absolute Gasteiger partial charge is 0.322 e. The van der Waals surface area contributed by atoms with Gasteiger partial charge in [0, 0.05) is 13.5 Å². The molecule has 0 radical (unpaired) electrons. The van der Waals surface area contributed by atoms with Crippen molar-refractivity contribution in [2.45, 2.75) is 45.3 Å². The molecular formula is C21H29N3O2. The Kier molecular flexibility index (Phi) is 5.49. The number of fused-ring (bicyclic) bond motifs is 1. The SMILES string of the molecule is CC[N+]1([O-])CCCCC1N(C)C(=O)NC(C)c1cccc2ccccc12. The number of hydroxylamine groups is 3. The fourth-order valence-electron chi connectivity index (χ4n) is 4.10. The summed E-state index contributed by atoms with van der Waals surface area (Å²) >= 11 is 0. The molecular weight excluding hydrogens is 326 g/mol. The van der Waals surface area contributed by atoms with Crippen molar-refractivity contribution < 1.29 is 9.44 Å². The third-order valence-electron chi connectivity index (χ3n) is 5.72. The van der Waals surface area contributed by atoms with Crippen LogP contribution in [-0.2, 0) is 0 Å². The first-order valence-corrected chi connectivity index (χ1v) is 9.55. The van der Waals surface area contributed by atoms with Crippen molar-refractivity contribution in [3.63, 3.8) is 0 Å². The fraction of sp³-hybridized carbons (Fsp3) is 0.476. The van der Waals surface area contributed by atoms with E-state index in [9.17, 15) is 10.0 Å². The van der Waals surface area contributed by atoms with Gasteiger partial charge in [-0.05, 0) is 43.0 Å². The maximum absolute atomic E-state index is 13.0. The number of benzene rings is 2. The normalized spacial score (nSPS) is 24.2. The van der Waals surface area contributed by atoms with Gasteiger partial charge < -0.3 is 15.2 Å². The van der Waals surface area contributed by atoms with Crippen molar-refractivity contribution in [3.8, 4) is 0 Å². The number of piperidine rings is 1. The molecule has 1 N–H and O–H groups in total. The molecule has 1 aliphatic heterocycles. The average molecular weight is 355 g/mol. The number of urea groups is 1. The summed E-state index contributed by atoms with van der Waals surface area (Å²) in [5.41, 5.74) is 1.09. The van der Waals surface area contributed by atoms with Crippen molar-refractivity contribution in [1.29, 1.82) is 0 Å². The molecule has 2 amide bonds. The lowest BCUT2D eigenvalue weighted by atomic mass is 10.00. The first-order valence-electron chi connectivity index (χ1n) is 9.55. The summed E-state index contributed by atoms with van der Waals surface area (Å²) < 4.78 is -0.299. The molecule has 26 heavy (non-hydrogen) atoms. The van der Waals surface area contributed by atoms with Crippen LogP contribution in [0, 0.1) is 5.21 Å². The van der Waals surface area contributed by atoms with E-state index in [1.165, 1.54) is 0 Å². The molecule has 3 unspecified atom stereocenters. The third kappa shape index (κ3) is 3.55. The quantitative estimate of drug-likeness (QED) is 0.653. The Morgan fingerprint density at radius 2 is 2.00 bits per heavy atom. The summed E-state index contributed by atoms with van der Waals surface area (Å²) in [5.74, 6) is 0. The number of nitrogens with one attached hydrogen (secondary N) is 1. The van der Waals surface area contributed by atoms with Crippen molar-refractivity contribution >= 4 is 16.8 Å². The fourth-order valence-corrected chi connectivity index (χ4v) is 4.10. The third-order valence-corrected chi connectivity index (χ3v) is 5.72. The highest BCUT2D eigenvalue weighted by atomic mass is 16.6. The standard InChI is InChI=1S/C21H29N3O2/c1-4-24(26)15-8-7-14-20(24)23(3)21(25)22-16(2)18-13-9-11-17-10-5-6-12-19(17)18/h5-6,9-13,16,20H,4,7-8,14-15H2,1-3H3,(H,22,25). The minimum absolute atomic E-state index is 0.130. The highest BCUT2D eigenvalue weighted by molar-refractivity contribution is 5.86. The van der Waals surface area contributed by atoms with E-state index in [0.717, 1.165) is 35.6 Å². The van der Waals surface area contributed by atoms with Gasteiger partial charge >= 0.3 is 6.03 Å². The van der Waals surface area contributed by atoms with Crippen LogP contribution in [0.25, 0.3) is 10.8 Å². The Bertz CT molecular complexity index is 773. The second-order valence-corrected chi connectivity index (χ2v) is 7.32. The lowest BCUT2D eigenvalue weighted by molar-refractivity contribution is -0.918. The van der Waals surface area contributed by atoms with Gasteiger partial charge in [0.05, 0.1) is 19.1 Å². The summed E-state index contributed by atoms with van der Waals surface area (Å²) in [4.78, 5) is 14.5. The van der Waals surface area contributed by atoms with Crippen LogP contribution in [0.3, 0.4) is 0 Å². The molecule has 3 atom stereocenters. The van der Waals surface area contributed by atoms with Crippen molar-refractivity contribution in [1.82, 2.24) is 10.2 Å². The molecule has 0 aromatic heterocycles. The van der Waals surface area contributed by atoms with E-state index in [1.807, 2.05) is 38.1 Å². The van der Waals surface area contributed by atoms with E-state index in [-0.39, 0.29) is 22.9 Å². The van der Waals surface area contributed by atoms with E-state index in [2.05, 4.69) is 23.5 Å². The van der Waals surface area contributed by atoms with Gasteiger partial charge in [-0.15, -0.1) is 0 Å². The van der Waals surface area contributed by atoms with Gasteiger partial charge in [0.1, 0.15) is 0 Å². The zero-order valence-electron chi connectivity index (χ0n) is 15.9. The summed E-state index contributed by atoms with van der Waals surface area (Å²) in [5, 5.41) is 18.4. The molecule has 1 saturated heterocycles. The molecule has 1 heterocycles. The first kappa shape index (κ1) is 18.7. The van der Waals surface area contributed by atoms with Crippen LogP contribution in [0.1, 0.15) is 44.7 Å². The van der Waals surface area contributed by atoms with Crippen LogP contribution in [0.5, 0.6) is 0 Å². The number of rotatable bonds is 4. The van der Waals surface area contributed by atoms with Gasteiger partial charge in [0.25, 0.3) is 0 Å². The number of likely N-dealkylation sites (tertiary alicyclic amines) is 1. The topological polar surface area (TPSA) is 55.4 Å². The number of nitrogens with zero attached hydrogens (tertiary/aromatic N) is 2. The summed E-state index contributed by atoms with van der Waals surface area (Å²) in [6.07, 6.45) is 2.41. The number of hydrogen-bond donors (Lipinski definition) is 1. The summed E-state index contributed by atoms with van der Waals surface area (Å²) in [6, 6.07) is 14.0. The van der Waals surface area contributed by atoms with Gasteiger partial charge in [0.15, 0.2) is 6.17 Å². The van der Waals surface area contributed by atoms with E-state index < -0.39 is 0 Å². The molecule has 0 aliphatic carbocycles. The van der Waals surface area contributed by atoms with Crippen molar-refractivity contribution in [2.75, 3.05) is 20.1 Å². The van der Waals surface area contributed by atoms with Crippen LogP contribution >= 0.6 is 0 Å². The monoisotopic (exact) mass is 355 g/mol. The van der Waals surface area contributed by atoms with Gasteiger partial charge in [0.2, 0.25) is 0 Å². The zero-order valence-corrected chi connectivity index (χ0v) is 15.9. The molecule has 0 spiro atoms. The molecule has 2 aromatic carbocycles. The number of carbonyl (C=O) groups is 1. The molecule has 0 bridgehead atoms. The van der Waals surface area contributed by atoms with Crippen molar-refractivity contribution in [3.05, 3.63) is 53.2 Å². The lowest BCUT2D eigenvalue weighted by Gasteiger charge is -2.53. The highest BCUT2D eigenvalue weighted by Crippen LogP contribution is 2.28. The second kappa shape index (κ2) is 7.64. The molecule has 3 rings (SSSR count). The molecule has 1 aliphatic rings. The number of carbonyl (C=O) groups excluding carboxylic acids is 1. The maximum atomic E-state index is 13.0. The van der Waals surface area contributed by atoms with E-state index in [4.69, 9.17) is 0 Å². The Hall–Kier alpha value is -2.11. The maximum Gasteiger partial charge on any atom is 0.322 e. The largest absolute Gasteiger partial charge is 0.631 e. The van der Waals surface area contributed by atoms with Gasteiger partial charge in [-0.25, -0.2) is 4.79 Å². The predicted molar refractivity (Wildman–Crippen MR) is 105 cm³/mol. The first-order chi connectivity index (χ1) is 12.5. The molecule has 1 fully saturated rings. The van der Waals surface area contributed by atoms with E-state index in [0.29, 0.717) is 13.1 Å². The zero-order chi connectivity index (χ0) is 18.7. The van der Waals surface area contributed by atoms with Crippen LogP contribution in [0.4, 0.5) is 4.79 Å². The number of quaternary nitrogens is 1. The van der Waals surface area contributed by atoms with Gasteiger partial charge in [-0.2, -0.15) is 0 Å². The molecule has 0 saturated carbocycles. The van der Waals surface area contributed by atoms with Gasteiger partial charge in [-0.1, -0.05) is 42.5 Å². The molecule has 5 nitrogen and oxygen atoms in total. The molecule has 140 valence electrons. The second-order valence-electron chi connectivity index (χ2n) is 7.32. The van der Waals surface area contributed by atoms with Crippen LogP contribution in [0.2, 0.25) is 0 Å². The minimum Gasteiger partial charge on any atom is -0.631 e. The minimum atomic E-state index is -0.299. The number of hydrogen-bond acceptors (Lipinski definition) is 2. The van der Waals surface area contributed by atoms with Crippen LogP contribution in [-0.4, -0.2) is 41.9 Å². The number of amides is 2. The lowest BCUT2D eigenvalue weighted by Crippen LogP contribution is -2.62. The van der Waals surface area contributed by atoms with E-state index in [1.54, 1.807) is 11.9 Å². The Balaban J connectivity index is 1.76. The van der Waals surface area contributed by atoms with Crippen molar-refractivity contribution in [2.24, 2.45) is 0 Å². The molecule has 5 heteroatoms. The Morgan fingerprint density at radius 3 is 2.77 bits per heavy atom. The summed E-state index contributed by atoms with van der Waals surface area (Å²) in [7, 11) is 1.75. The Morgan fingerprint density at radius 1 is 1.27 bits per heavy atom. The highest BCUT2D eigenvalue weighted by Gasteiger charge is 2.36. The predicted octanol–water partition coefficient (Wildman–Crippen LogP) is 4.39. The van der Waals surface area contributed by atoms with Crippen LogP contribution < -0.4 is 5.32 Å². The van der Waals surface area contributed by atoms with Gasteiger partial charge in [-0.3, -0.25) is 4.90 Å². The summed E-state index contributed by atoms with van der Waals surface area (Å²) in [6.45, 7) is 5.00. The Labute approximate surface area is 155 Å².